The minimum absolute atomic E-state index is 0.107. The van der Waals surface area contributed by atoms with Crippen molar-refractivity contribution in [2.75, 3.05) is 6.61 Å². The fourth-order valence-electron chi connectivity index (χ4n) is 1.27. The van der Waals surface area contributed by atoms with Gasteiger partial charge in [-0.25, -0.2) is 0 Å². The molecule has 0 radical (unpaired) electrons. The molecule has 1 amide bonds. The van der Waals surface area contributed by atoms with E-state index in [-0.39, 0.29) is 18.6 Å². The summed E-state index contributed by atoms with van der Waals surface area (Å²) in [7, 11) is 0. The number of carbonyl (C=O) groups excluding carboxylic acids is 1. The van der Waals surface area contributed by atoms with E-state index in [1.54, 1.807) is 12.1 Å². The summed E-state index contributed by atoms with van der Waals surface area (Å²) in [6.45, 7) is 3.77. The molecule has 0 saturated carbocycles. The maximum absolute atomic E-state index is 11.5. The first kappa shape index (κ1) is 14.3. The van der Waals surface area contributed by atoms with E-state index in [2.05, 4.69) is 5.32 Å². The molecule has 0 fully saturated rings. The van der Waals surface area contributed by atoms with Crippen molar-refractivity contribution in [3.8, 4) is 11.8 Å². The number of carbonyl (C=O) groups is 1. The molecule has 96 valence electrons. The van der Waals surface area contributed by atoms with Crippen LogP contribution in [-0.4, -0.2) is 18.6 Å². The van der Waals surface area contributed by atoms with E-state index < -0.39 is 0 Å². The maximum Gasteiger partial charge on any atom is 0.258 e. The molecule has 1 unspecified atom stereocenters. The SMILES string of the molecule is CCC(C)NC(=O)COc1cc(Cl)ccc1C#N. The molecule has 18 heavy (non-hydrogen) atoms. The number of benzene rings is 1. The standard InChI is InChI=1S/C13H15ClN2O2/c1-3-9(2)16-13(17)8-18-12-6-11(14)5-4-10(12)7-15/h4-6,9H,3,8H2,1-2H3,(H,16,17). The zero-order valence-electron chi connectivity index (χ0n) is 10.4. The summed E-state index contributed by atoms with van der Waals surface area (Å²) < 4.78 is 5.30. The third-order valence-corrected chi connectivity index (χ3v) is 2.68. The summed E-state index contributed by atoms with van der Waals surface area (Å²) in [5.41, 5.74) is 0.357. The molecule has 1 aromatic carbocycles. The van der Waals surface area contributed by atoms with E-state index in [0.717, 1.165) is 6.42 Å². The monoisotopic (exact) mass is 266 g/mol. The van der Waals surface area contributed by atoms with Crippen LogP contribution in [0.2, 0.25) is 5.02 Å². The summed E-state index contributed by atoms with van der Waals surface area (Å²) in [5.74, 6) is 0.109. The third kappa shape index (κ3) is 4.27. The van der Waals surface area contributed by atoms with Gasteiger partial charge in [0.15, 0.2) is 6.61 Å². The van der Waals surface area contributed by atoms with E-state index in [1.807, 2.05) is 19.9 Å². The number of nitriles is 1. The van der Waals surface area contributed by atoms with Crippen molar-refractivity contribution < 1.29 is 9.53 Å². The second-order valence-electron chi connectivity index (χ2n) is 3.92. The summed E-state index contributed by atoms with van der Waals surface area (Å²) in [4.78, 5) is 11.5. The number of nitrogens with zero attached hydrogens (tertiary/aromatic N) is 1. The van der Waals surface area contributed by atoms with Crippen molar-refractivity contribution in [1.82, 2.24) is 5.32 Å². The minimum Gasteiger partial charge on any atom is -0.482 e. The van der Waals surface area contributed by atoms with Gasteiger partial charge in [0, 0.05) is 17.1 Å². The highest BCUT2D eigenvalue weighted by Crippen LogP contribution is 2.22. The lowest BCUT2D eigenvalue weighted by atomic mass is 10.2. The lowest BCUT2D eigenvalue weighted by molar-refractivity contribution is -0.123. The lowest BCUT2D eigenvalue weighted by Gasteiger charge is -2.12. The van der Waals surface area contributed by atoms with Crippen molar-refractivity contribution in [3.05, 3.63) is 28.8 Å². The Morgan fingerprint density at radius 3 is 2.94 bits per heavy atom. The molecule has 0 aliphatic heterocycles. The van der Waals surface area contributed by atoms with Gasteiger partial charge in [-0.15, -0.1) is 0 Å². The van der Waals surface area contributed by atoms with Crippen LogP contribution in [0.3, 0.4) is 0 Å². The van der Waals surface area contributed by atoms with Gasteiger partial charge in [-0.2, -0.15) is 5.26 Å². The van der Waals surface area contributed by atoms with Crippen molar-refractivity contribution in [1.29, 1.82) is 5.26 Å². The average Bonchev–Trinajstić information content (AvgIpc) is 2.36. The van der Waals surface area contributed by atoms with Crippen molar-refractivity contribution in [2.24, 2.45) is 0 Å². The van der Waals surface area contributed by atoms with Gasteiger partial charge >= 0.3 is 0 Å². The Hall–Kier alpha value is -1.73. The second kappa shape index (κ2) is 6.87. The smallest absolute Gasteiger partial charge is 0.258 e. The van der Waals surface area contributed by atoms with E-state index in [9.17, 15) is 4.79 Å². The molecule has 0 bridgehead atoms. The van der Waals surface area contributed by atoms with Crippen LogP contribution in [-0.2, 0) is 4.79 Å². The normalized spacial score (nSPS) is 11.4. The first-order valence-corrected chi connectivity index (χ1v) is 6.06. The molecule has 0 saturated heterocycles. The van der Waals surface area contributed by atoms with Gasteiger partial charge in [0.25, 0.3) is 5.91 Å². The highest BCUT2D eigenvalue weighted by atomic mass is 35.5. The van der Waals surface area contributed by atoms with Crippen LogP contribution < -0.4 is 10.1 Å². The predicted octanol–water partition coefficient (Wildman–Crippen LogP) is 2.51. The fraction of sp³-hybridized carbons (Fsp3) is 0.385. The first-order valence-electron chi connectivity index (χ1n) is 5.68. The van der Waals surface area contributed by atoms with Crippen LogP contribution in [0.1, 0.15) is 25.8 Å². The number of halogens is 1. The second-order valence-corrected chi connectivity index (χ2v) is 4.35. The summed E-state index contributed by atoms with van der Waals surface area (Å²) in [6, 6.07) is 6.78. The molecule has 0 heterocycles. The number of hydrogen-bond acceptors (Lipinski definition) is 3. The number of ether oxygens (including phenoxy) is 1. The van der Waals surface area contributed by atoms with E-state index in [4.69, 9.17) is 21.6 Å². The zero-order chi connectivity index (χ0) is 13.5. The van der Waals surface area contributed by atoms with Gasteiger partial charge in [-0.1, -0.05) is 18.5 Å². The lowest BCUT2D eigenvalue weighted by Crippen LogP contribution is -2.35. The van der Waals surface area contributed by atoms with Crippen molar-refractivity contribution in [2.45, 2.75) is 26.3 Å². The van der Waals surface area contributed by atoms with Crippen LogP contribution in [0.5, 0.6) is 5.75 Å². The highest BCUT2D eigenvalue weighted by molar-refractivity contribution is 6.30. The summed E-state index contributed by atoms with van der Waals surface area (Å²) >= 11 is 5.81. The Balaban J connectivity index is 2.61. The van der Waals surface area contributed by atoms with Gasteiger partial charge < -0.3 is 10.1 Å². The Labute approximate surface area is 112 Å². The average molecular weight is 267 g/mol. The van der Waals surface area contributed by atoms with E-state index >= 15 is 0 Å². The number of rotatable bonds is 5. The number of hydrogen-bond donors (Lipinski definition) is 1. The molecule has 0 aliphatic carbocycles. The third-order valence-electron chi connectivity index (χ3n) is 2.44. The molecule has 5 heteroatoms. The van der Waals surface area contributed by atoms with E-state index in [1.165, 1.54) is 6.07 Å². The van der Waals surface area contributed by atoms with E-state index in [0.29, 0.717) is 16.3 Å². The fourth-order valence-corrected chi connectivity index (χ4v) is 1.43. The van der Waals surface area contributed by atoms with Crippen molar-refractivity contribution in [3.63, 3.8) is 0 Å². The van der Waals surface area contributed by atoms with Gasteiger partial charge in [-0.05, 0) is 25.5 Å². The summed E-state index contributed by atoms with van der Waals surface area (Å²) in [6.07, 6.45) is 0.854. The molecule has 1 aromatic rings. The van der Waals surface area contributed by atoms with Crippen LogP contribution >= 0.6 is 11.6 Å². The van der Waals surface area contributed by atoms with Crippen LogP contribution in [0, 0.1) is 11.3 Å². The van der Waals surface area contributed by atoms with Crippen molar-refractivity contribution >= 4 is 17.5 Å². The Morgan fingerprint density at radius 2 is 2.33 bits per heavy atom. The Morgan fingerprint density at radius 1 is 1.61 bits per heavy atom. The topological polar surface area (TPSA) is 62.1 Å². The predicted molar refractivity (Wildman–Crippen MR) is 69.6 cm³/mol. The van der Waals surface area contributed by atoms with Gasteiger partial charge in [-0.3, -0.25) is 4.79 Å². The van der Waals surface area contributed by atoms with Crippen LogP contribution in [0.15, 0.2) is 18.2 Å². The molecule has 0 aliphatic rings. The maximum atomic E-state index is 11.5. The Bertz CT molecular complexity index is 469. The highest BCUT2D eigenvalue weighted by Gasteiger charge is 2.09. The minimum atomic E-state index is -0.215. The quantitative estimate of drug-likeness (QED) is 0.891. The first-order chi connectivity index (χ1) is 8.56. The van der Waals surface area contributed by atoms with Gasteiger partial charge in [0.2, 0.25) is 0 Å². The molecule has 0 aromatic heterocycles. The van der Waals surface area contributed by atoms with Gasteiger partial charge in [0.05, 0.1) is 5.56 Å². The largest absolute Gasteiger partial charge is 0.482 e. The molecular formula is C13H15ClN2O2. The zero-order valence-corrected chi connectivity index (χ0v) is 11.1. The molecule has 1 atom stereocenters. The number of amides is 1. The molecule has 1 rings (SSSR count). The van der Waals surface area contributed by atoms with Crippen LogP contribution in [0.4, 0.5) is 0 Å². The van der Waals surface area contributed by atoms with Gasteiger partial charge in [0.1, 0.15) is 11.8 Å². The summed E-state index contributed by atoms with van der Waals surface area (Å²) in [5, 5.41) is 12.1. The van der Waals surface area contributed by atoms with Crippen LogP contribution in [0.25, 0.3) is 0 Å². The molecule has 1 N–H and O–H groups in total. The number of nitrogens with one attached hydrogen (secondary N) is 1. The Kier molecular flexibility index (Phi) is 5.47. The molecule has 0 spiro atoms. The molecule has 4 nitrogen and oxygen atoms in total. The molecular weight excluding hydrogens is 252 g/mol.